The van der Waals surface area contributed by atoms with Gasteiger partial charge in [-0.3, -0.25) is 4.79 Å². The Labute approximate surface area is 171 Å². The average Bonchev–Trinajstić information content (AvgIpc) is 3.14. The quantitative estimate of drug-likeness (QED) is 0.444. The van der Waals surface area contributed by atoms with Gasteiger partial charge >= 0.3 is 0 Å². The van der Waals surface area contributed by atoms with E-state index < -0.39 is 0 Å². The topological polar surface area (TPSA) is 72.7 Å². The maximum absolute atomic E-state index is 12.1. The van der Waals surface area contributed by atoms with Gasteiger partial charge in [-0.2, -0.15) is 4.68 Å². The molecule has 0 saturated heterocycles. The molecule has 0 fully saturated rings. The third kappa shape index (κ3) is 5.98. The summed E-state index contributed by atoms with van der Waals surface area (Å²) in [6.07, 6.45) is 0. The predicted octanol–water partition coefficient (Wildman–Crippen LogP) is 3.62. The minimum atomic E-state index is -0.0461. The highest BCUT2D eigenvalue weighted by molar-refractivity contribution is 7.99. The molecule has 0 saturated carbocycles. The highest BCUT2D eigenvalue weighted by Crippen LogP contribution is 2.20. The molecule has 6 nitrogen and oxygen atoms in total. The minimum absolute atomic E-state index is 0.0461. The van der Waals surface area contributed by atoms with Crippen LogP contribution in [0, 0.1) is 6.92 Å². The van der Waals surface area contributed by atoms with Crippen molar-refractivity contribution in [2.75, 3.05) is 18.1 Å². The number of nitrogens with zero attached hydrogens (tertiary/aromatic N) is 4. The first-order valence-corrected chi connectivity index (χ1v) is 10.6. The van der Waals surface area contributed by atoms with Gasteiger partial charge in [0.05, 0.1) is 11.4 Å². The summed E-state index contributed by atoms with van der Waals surface area (Å²) in [6.45, 7) is 2.68. The lowest BCUT2D eigenvalue weighted by molar-refractivity contribution is -0.118. The van der Waals surface area contributed by atoms with Gasteiger partial charge in [-0.25, -0.2) is 0 Å². The molecule has 3 rings (SSSR count). The fourth-order valence-corrected chi connectivity index (χ4v) is 3.80. The molecule has 0 atom stereocenters. The first-order chi connectivity index (χ1) is 13.1. The van der Waals surface area contributed by atoms with Crippen molar-refractivity contribution in [3.8, 4) is 5.69 Å². The molecule has 9 heteroatoms. The Bertz CT molecular complexity index is 884. The van der Waals surface area contributed by atoms with Crippen molar-refractivity contribution in [2.45, 2.75) is 17.0 Å². The molecule has 0 spiro atoms. The van der Waals surface area contributed by atoms with Crippen molar-refractivity contribution < 1.29 is 4.79 Å². The molecule has 0 bridgehead atoms. The fraction of sp³-hybridized carbons (Fsp3) is 0.222. The highest BCUT2D eigenvalue weighted by Gasteiger charge is 2.11. The second-order valence-corrected chi connectivity index (χ2v) is 8.20. The van der Waals surface area contributed by atoms with Crippen molar-refractivity contribution in [1.82, 2.24) is 25.5 Å². The second kappa shape index (κ2) is 9.77. The van der Waals surface area contributed by atoms with Crippen LogP contribution in [0.15, 0.2) is 58.6 Å². The lowest BCUT2D eigenvalue weighted by Gasteiger charge is -2.06. The molecule has 0 radical (unpaired) electrons. The first-order valence-electron chi connectivity index (χ1n) is 8.25. The zero-order chi connectivity index (χ0) is 19.1. The van der Waals surface area contributed by atoms with E-state index in [9.17, 15) is 4.79 Å². The van der Waals surface area contributed by atoms with Crippen molar-refractivity contribution in [3.05, 3.63) is 59.1 Å². The summed E-state index contributed by atoms with van der Waals surface area (Å²) in [5.41, 5.74) is 2.03. The number of aromatic nitrogens is 4. The number of carbonyl (C=O) groups is 1. The van der Waals surface area contributed by atoms with Crippen molar-refractivity contribution in [3.63, 3.8) is 0 Å². The lowest BCUT2D eigenvalue weighted by atomic mass is 10.2. The van der Waals surface area contributed by atoms with Crippen LogP contribution in [0.1, 0.15) is 5.56 Å². The summed E-state index contributed by atoms with van der Waals surface area (Å²) in [5, 5.41) is 15.7. The number of thioether (sulfide) groups is 2. The zero-order valence-electron chi connectivity index (χ0n) is 14.6. The van der Waals surface area contributed by atoms with E-state index in [-0.39, 0.29) is 11.7 Å². The molecule has 0 unspecified atom stereocenters. The van der Waals surface area contributed by atoms with E-state index in [1.54, 1.807) is 28.6 Å². The molecule has 1 amide bonds. The number of hydrogen-bond acceptors (Lipinski definition) is 6. The number of hydrogen-bond donors (Lipinski definition) is 1. The predicted molar refractivity (Wildman–Crippen MR) is 110 cm³/mol. The summed E-state index contributed by atoms with van der Waals surface area (Å²) in [7, 11) is 0. The van der Waals surface area contributed by atoms with Crippen LogP contribution in [0.3, 0.4) is 0 Å². The Balaban J connectivity index is 1.42. The SMILES string of the molecule is Cc1ccc(SCCNC(=O)CSc2nnnn2-c2ccc(Cl)cc2)cc1. The van der Waals surface area contributed by atoms with Gasteiger partial charge in [-0.1, -0.05) is 41.1 Å². The average molecular weight is 420 g/mol. The van der Waals surface area contributed by atoms with E-state index in [2.05, 4.69) is 52.0 Å². The highest BCUT2D eigenvalue weighted by atomic mass is 35.5. The minimum Gasteiger partial charge on any atom is -0.355 e. The van der Waals surface area contributed by atoms with E-state index in [1.807, 2.05) is 12.1 Å². The lowest BCUT2D eigenvalue weighted by Crippen LogP contribution is -2.27. The number of halogens is 1. The third-order valence-electron chi connectivity index (χ3n) is 3.56. The number of benzene rings is 2. The van der Waals surface area contributed by atoms with Crippen molar-refractivity contribution in [2.24, 2.45) is 0 Å². The van der Waals surface area contributed by atoms with Crippen molar-refractivity contribution in [1.29, 1.82) is 0 Å². The Morgan fingerprint density at radius 1 is 1.11 bits per heavy atom. The number of amides is 1. The van der Waals surface area contributed by atoms with Crippen LogP contribution in [0.5, 0.6) is 0 Å². The normalized spacial score (nSPS) is 10.7. The molecular formula is C18H18ClN5OS2. The number of tetrazole rings is 1. The number of aryl methyl sites for hydroxylation is 1. The van der Waals surface area contributed by atoms with E-state index >= 15 is 0 Å². The fourth-order valence-electron chi connectivity index (χ4n) is 2.19. The molecule has 140 valence electrons. The Morgan fingerprint density at radius 2 is 1.85 bits per heavy atom. The van der Waals surface area contributed by atoms with Crippen LogP contribution in [-0.4, -0.2) is 44.2 Å². The molecule has 1 N–H and O–H groups in total. The van der Waals surface area contributed by atoms with E-state index in [0.717, 1.165) is 11.4 Å². The largest absolute Gasteiger partial charge is 0.355 e. The van der Waals surface area contributed by atoms with E-state index in [4.69, 9.17) is 11.6 Å². The Morgan fingerprint density at radius 3 is 2.59 bits per heavy atom. The molecule has 2 aromatic carbocycles. The molecule has 1 heterocycles. The first kappa shape index (κ1) is 19.7. The number of rotatable bonds is 8. The molecule has 0 aliphatic heterocycles. The van der Waals surface area contributed by atoms with Gasteiger partial charge in [0.1, 0.15) is 0 Å². The van der Waals surface area contributed by atoms with Gasteiger partial charge in [-0.05, 0) is 53.7 Å². The smallest absolute Gasteiger partial charge is 0.230 e. The van der Waals surface area contributed by atoms with Crippen LogP contribution in [-0.2, 0) is 4.79 Å². The number of carbonyl (C=O) groups excluding carboxylic acids is 1. The van der Waals surface area contributed by atoms with Crippen LogP contribution < -0.4 is 5.32 Å². The molecule has 0 aliphatic carbocycles. The van der Waals surface area contributed by atoms with Crippen LogP contribution in [0.2, 0.25) is 5.02 Å². The van der Waals surface area contributed by atoms with Gasteiger partial charge in [0.2, 0.25) is 11.1 Å². The molecular weight excluding hydrogens is 402 g/mol. The van der Waals surface area contributed by atoms with E-state index in [0.29, 0.717) is 16.7 Å². The van der Waals surface area contributed by atoms with Gasteiger partial charge in [0.25, 0.3) is 0 Å². The van der Waals surface area contributed by atoms with Gasteiger partial charge in [-0.15, -0.1) is 16.9 Å². The third-order valence-corrected chi connectivity index (χ3v) is 5.74. The summed E-state index contributed by atoms with van der Waals surface area (Å²) in [6, 6.07) is 15.5. The molecule has 1 aromatic heterocycles. The summed E-state index contributed by atoms with van der Waals surface area (Å²) in [4.78, 5) is 13.3. The zero-order valence-corrected chi connectivity index (χ0v) is 17.0. The maximum Gasteiger partial charge on any atom is 0.230 e. The summed E-state index contributed by atoms with van der Waals surface area (Å²) < 4.78 is 1.58. The Hall–Kier alpha value is -2.03. The molecule has 3 aromatic rings. The number of nitrogens with one attached hydrogen (secondary N) is 1. The van der Waals surface area contributed by atoms with Gasteiger partial charge < -0.3 is 5.32 Å². The van der Waals surface area contributed by atoms with Crippen LogP contribution >= 0.6 is 35.1 Å². The maximum atomic E-state index is 12.1. The van der Waals surface area contributed by atoms with Crippen LogP contribution in [0.4, 0.5) is 0 Å². The van der Waals surface area contributed by atoms with Gasteiger partial charge in [0.15, 0.2) is 0 Å². The van der Waals surface area contributed by atoms with Crippen LogP contribution in [0.25, 0.3) is 5.69 Å². The second-order valence-electron chi connectivity index (χ2n) is 5.65. The summed E-state index contributed by atoms with van der Waals surface area (Å²) in [5.74, 6) is 1.03. The standard InChI is InChI=1S/C18H18ClN5OS2/c1-13-2-8-16(9-3-13)26-11-10-20-17(25)12-27-18-21-22-23-24(18)15-6-4-14(19)5-7-15/h2-9H,10-12H2,1H3,(H,20,25). The van der Waals surface area contributed by atoms with Crippen molar-refractivity contribution >= 4 is 41.0 Å². The molecule has 0 aliphatic rings. The van der Waals surface area contributed by atoms with Gasteiger partial charge in [0, 0.05) is 22.2 Å². The van der Waals surface area contributed by atoms with E-state index in [1.165, 1.54) is 22.2 Å². The Kier molecular flexibility index (Phi) is 7.14. The molecule has 27 heavy (non-hydrogen) atoms. The monoisotopic (exact) mass is 419 g/mol. The summed E-state index contributed by atoms with van der Waals surface area (Å²) >= 11 is 8.91.